The van der Waals surface area contributed by atoms with E-state index in [1.165, 1.54) is 7.11 Å². The van der Waals surface area contributed by atoms with Gasteiger partial charge in [-0.15, -0.1) is 0 Å². The van der Waals surface area contributed by atoms with Gasteiger partial charge in [-0.25, -0.2) is 0 Å². The molecule has 2 amide bonds. The van der Waals surface area contributed by atoms with Crippen molar-refractivity contribution < 1.29 is 14.3 Å². The summed E-state index contributed by atoms with van der Waals surface area (Å²) in [6.45, 7) is 7.31. The largest absolute Gasteiger partial charge is 0.375 e. The Labute approximate surface area is 134 Å². The number of nitrogens with zero attached hydrogens (tertiary/aromatic N) is 2. The van der Waals surface area contributed by atoms with Gasteiger partial charge in [0.25, 0.3) is 0 Å². The third-order valence-corrected chi connectivity index (χ3v) is 3.97. The lowest BCUT2D eigenvalue weighted by atomic mass is 9.91. The van der Waals surface area contributed by atoms with E-state index in [4.69, 9.17) is 4.74 Å². The highest BCUT2D eigenvalue weighted by Crippen LogP contribution is 2.19. The van der Waals surface area contributed by atoms with Crippen molar-refractivity contribution in [1.82, 2.24) is 15.1 Å². The molecule has 0 aromatic heterocycles. The maximum absolute atomic E-state index is 12.3. The molecule has 0 saturated carbocycles. The van der Waals surface area contributed by atoms with E-state index in [0.29, 0.717) is 19.6 Å². The number of amides is 2. The smallest absolute Gasteiger partial charge is 0.248 e. The van der Waals surface area contributed by atoms with Crippen molar-refractivity contribution >= 4 is 11.8 Å². The van der Waals surface area contributed by atoms with Crippen molar-refractivity contribution in [2.75, 3.05) is 54.0 Å². The van der Waals surface area contributed by atoms with Crippen LogP contribution in [0.3, 0.4) is 0 Å². The minimum atomic E-state index is 0.00785. The highest BCUT2D eigenvalue weighted by molar-refractivity contribution is 5.80. The number of rotatable bonds is 7. The van der Waals surface area contributed by atoms with Gasteiger partial charge in [-0.3, -0.25) is 9.59 Å². The summed E-state index contributed by atoms with van der Waals surface area (Å²) in [4.78, 5) is 27.9. The average Bonchev–Trinajstić information content (AvgIpc) is 2.44. The predicted molar refractivity (Wildman–Crippen MR) is 86.5 cm³/mol. The molecule has 1 saturated heterocycles. The van der Waals surface area contributed by atoms with Crippen LogP contribution in [0.25, 0.3) is 0 Å². The van der Waals surface area contributed by atoms with Gasteiger partial charge in [0.2, 0.25) is 11.8 Å². The normalized spacial score (nSPS) is 16.9. The van der Waals surface area contributed by atoms with Crippen molar-refractivity contribution in [1.29, 1.82) is 0 Å². The van der Waals surface area contributed by atoms with Gasteiger partial charge in [-0.2, -0.15) is 0 Å². The van der Waals surface area contributed by atoms with E-state index in [1.807, 2.05) is 14.1 Å². The number of piperidine rings is 1. The lowest BCUT2D eigenvalue weighted by molar-refractivity contribution is -0.138. The zero-order chi connectivity index (χ0) is 16.8. The number of carbonyl (C=O) groups is 2. The summed E-state index contributed by atoms with van der Waals surface area (Å²) in [6.07, 6.45) is 1.46. The summed E-state index contributed by atoms with van der Waals surface area (Å²) in [5, 5.41) is 3.07. The van der Waals surface area contributed by atoms with E-state index in [9.17, 15) is 9.59 Å². The monoisotopic (exact) mass is 313 g/mol. The molecule has 0 unspecified atom stereocenters. The van der Waals surface area contributed by atoms with Gasteiger partial charge >= 0.3 is 0 Å². The Morgan fingerprint density at radius 1 is 1.27 bits per heavy atom. The van der Waals surface area contributed by atoms with E-state index in [2.05, 4.69) is 24.1 Å². The topological polar surface area (TPSA) is 61.9 Å². The van der Waals surface area contributed by atoms with E-state index in [1.54, 1.807) is 4.90 Å². The Balaban J connectivity index is 2.35. The minimum Gasteiger partial charge on any atom is -0.375 e. The predicted octanol–water partition coefficient (Wildman–Crippen LogP) is 0.575. The Morgan fingerprint density at radius 2 is 1.86 bits per heavy atom. The van der Waals surface area contributed by atoms with Crippen LogP contribution in [0.15, 0.2) is 0 Å². The fraction of sp³-hybridized carbons (Fsp3) is 0.875. The standard InChI is InChI=1S/C16H31N3O3/c1-16(2,12-18(3)4)11-17-15(21)13-6-8-19(9-7-13)14(20)10-22-5/h13H,6-12H2,1-5H3,(H,17,21). The number of ether oxygens (including phenoxy) is 1. The second kappa shape index (κ2) is 8.48. The number of hydrogen-bond donors (Lipinski definition) is 1. The van der Waals surface area contributed by atoms with Gasteiger partial charge in [0.1, 0.15) is 6.61 Å². The van der Waals surface area contributed by atoms with Crippen LogP contribution in [-0.4, -0.2) is 75.6 Å². The number of likely N-dealkylation sites (tertiary alicyclic amines) is 1. The summed E-state index contributed by atoms with van der Waals surface area (Å²) in [5.74, 6) is 0.140. The zero-order valence-electron chi connectivity index (χ0n) is 14.6. The molecular weight excluding hydrogens is 282 g/mol. The quantitative estimate of drug-likeness (QED) is 0.747. The van der Waals surface area contributed by atoms with E-state index < -0.39 is 0 Å². The first-order chi connectivity index (χ1) is 10.2. The molecule has 0 aromatic carbocycles. The average molecular weight is 313 g/mol. The molecule has 0 atom stereocenters. The molecule has 1 fully saturated rings. The van der Waals surface area contributed by atoms with Gasteiger partial charge in [0, 0.05) is 39.2 Å². The van der Waals surface area contributed by atoms with Crippen molar-refractivity contribution in [2.24, 2.45) is 11.3 Å². The number of nitrogens with one attached hydrogen (secondary N) is 1. The lowest BCUT2D eigenvalue weighted by Gasteiger charge is -2.33. The molecular formula is C16H31N3O3. The molecule has 1 aliphatic heterocycles. The summed E-state index contributed by atoms with van der Waals surface area (Å²) in [5.41, 5.74) is 0.0499. The molecule has 1 heterocycles. The summed E-state index contributed by atoms with van der Waals surface area (Å²) in [7, 11) is 5.60. The van der Waals surface area contributed by atoms with Crippen LogP contribution in [-0.2, 0) is 14.3 Å². The summed E-state index contributed by atoms with van der Waals surface area (Å²) < 4.78 is 4.86. The Kier molecular flexibility index (Phi) is 7.29. The van der Waals surface area contributed by atoms with Gasteiger partial charge < -0.3 is 19.9 Å². The first kappa shape index (κ1) is 18.9. The van der Waals surface area contributed by atoms with Crippen LogP contribution >= 0.6 is 0 Å². The molecule has 128 valence electrons. The fourth-order valence-electron chi connectivity index (χ4n) is 2.99. The number of hydrogen-bond acceptors (Lipinski definition) is 4. The van der Waals surface area contributed by atoms with Crippen molar-refractivity contribution in [2.45, 2.75) is 26.7 Å². The molecule has 0 radical (unpaired) electrons. The SMILES string of the molecule is COCC(=O)N1CCC(C(=O)NCC(C)(C)CN(C)C)CC1. The molecule has 0 bridgehead atoms. The molecule has 22 heavy (non-hydrogen) atoms. The third-order valence-electron chi connectivity index (χ3n) is 3.97. The second-order valence-corrected chi connectivity index (χ2v) is 7.21. The maximum atomic E-state index is 12.3. The number of methoxy groups -OCH3 is 1. The zero-order valence-corrected chi connectivity index (χ0v) is 14.6. The van der Waals surface area contributed by atoms with Gasteiger partial charge in [0.15, 0.2) is 0 Å². The summed E-state index contributed by atoms with van der Waals surface area (Å²) >= 11 is 0. The Bertz CT molecular complexity index is 375. The third kappa shape index (κ3) is 6.32. The van der Waals surface area contributed by atoms with Gasteiger partial charge in [-0.1, -0.05) is 13.8 Å². The van der Waals surface area contributed by atoms with Crippen LogP contribution in [0.1, 0.15) is 26.7 Å². The fourth-order valence-corrected chi connectivity index (χ4v) is 2.99. The van der Waals surface area contributed by atoms with Crippen molar-refractivity contribution in [3.63, 3.8) is 0 Å². The molecule has 1 N–H and O–H groups in total. The summed E-state index contributed by atoms with van der Waals surface area (Å²) in [6, 6.07) is 0. The van der Waals surface area contributed by atoms with Crippen molar-refractivity contribution in [3.05, 3.63) is 0 Å². The first-order valence-corrected chi connectivity index (χ1v) is 7.94. The Morgan fingerprint density at radius 3 is 2.36 bits per heavy atom. The molecule has 1 aliphatic rings. The van der Waals surface area contributed by atoms with Crippen LogP contribution in [0.2, 0.25) is 0 Å². The van der Waals surface area contributed by atoms with Gasteiger partial charge in [0.05, 0.1) is 0 Å². The lowest BCUT2D eigenvalue weighted by Crippen LogP contribution is -2.46. The number of carbonyl (C=O) groups excluding carboxylic acids is 2. The Hall–Kier alpha value is -1.14. The second-order valence-electron chi connectivity index (χ2n) is 7.21. The van der Waals surface area contributed by atoms with Crippen LogP contribution in [0, 0.1) is 11.3 Å². The van der Waals surface area contributed by atoms with Crippen molar-refractivity contribution in [3.8, 4) is 0 Å². The van der Waals surface area contributed by atoms with E-state index in [-0.39, 0.29) is 29.8 Å². The molecule has 6 nitrogen and oxygen atoms in total. The van der Waals surface area contributed by atoms with E-state index >= 15 is 0 Å². The minimum absolute atomic E-state index is 0.00785. The highest BCUT2D eigenvalue weighted by Gasteiger charge is 2.28. The maximum Gasteiger partial charge on any atom is 0.248 e. The van der Waals surface area contributed by atoms with Crippen LogP contribution in [0.4, 0.5) is 0 Å². The van der Waals surface area contributed by atoms with E-state index in [0.717, 1.165) is 19.4 Å². The molecule has 1 rings (SSSR count). The van der Waals surface area contributed by atoms with Crippen LogP contribution in [0.5, 0.6) is 0 Å². The molecule has 0 aliphatic carbocycles. The first-order valence-electron chi connectivity index (χ1n) is 7.94. The molecule has 0 spiro atoms. The van der Waals surface area contributed by atoms with Gasteiger partial charge in [-0.05, 0) is 32.4 Å². The van der Waals surface area contributed by atoms with Crippen LogP contribution < -0.4 is 5.32 Å². The highest BCUT2D eigenvalue weighted by atomic mass is 16.5. The molecule has 0 aromatic rings. The molecule has 6 heteroatoms.